The molecule has 1 heterocycles. The standard InChI is InChI=1S/C16H26N2O3/c19-14-9-3-1-2-8-12(14)17-13-10-15(20)18(16(13)21)11-6-4-5-7-11/h11-14,17,19H,1-10H2. The van der Waals surface area contributed by atoms with E-state index in [1.807, 2.05) is 0 Å². The summed E-state index contributed by atoms with van der Waals surface area (Å²) >= 11 is 0. The van der Waals surface area contributed by atoms with Gasteiger partial charge in [0, 0.05) is 12.1 Å². The van der Waals surface area contributed by atoms with Crippen LogP contribution in [0.5, 0.6) is 0 Å². The van der Waals surface area contributed by atoms with Gasteiger partial charge in [0.25, 0.3) is 0 Å². The lowest BCUT2D eigenvalue weighted by Crippen LogP contribution is -2.49. The number of nitrogens with zero attached hydrogens (tertiary/aromatic N) is 1. The lowest BCUT2D eigenvalue weighted by Gasteiger charge is -2.26. The van der Waals surface area contributed by atoms with E-state index in [4.69, 9.17) is 0 Å². The summed E-state index contributed by atoms with van der Waals surface area (Å²) in [6.45, 7) is 0. The minimum absolute atomic E-state index is 0.0347. The van der Waals surface area contributed by atoms with Crippen LogP contribution in [0.4, 0.5) is 0 Å². The molecule has 3 aliphatic rings. The van der Waals surface area contributed by atoms with Gasteiger partial charge in [0.1, 0.15) is 0 Å². The van der Waals surface area contributed by atoms with E-state index in [9.17, 15) is 14.7 Å². The smallest absolute Gasteiger partial charge is 0.247 e. The second-order valence-electron chi connectivity index (χ2n) is 6.78. The first-order valence-corrected chi connectivity index (χ1v) is 8.47. The molecular formula is C16H26N2O3. The van der Waals surface area contributed by atoms with Gasteiger partial charge in [-0.2, -0.15) is 0 Å². The second-order valence-corrected chi connectivity index (χ2v) is 6.78. The van der Waals surface area contributed by atoms with Crippen LogP contribution in [0.15, 0.2) is 0 Å². The van der Waals surface area contributed by atoms with Gasteiger partial charge < -0.3 is 10.4 Å². The van der Waals surface area contributed by atoms with Crippen LogP contribution in [-0.4, -0.2) is 46.1 Å². The Labute approximate surface area is 126 Å². The second kappa shape index (κ2) is 6.44. The number of aliphatic hydroxyl groups is 1. The van der Waals surface area contributed by atoms with Crippen molar-refractivity contribution in [1.82, 2.24) is 10.2 Å². The van der Waals surface area contributed by atoms with Crippen LogP contribution < -0.4 is 5.32 Å². The number of carbonyl (C=O) groups is 2. The van der Waals surface area contributed by atoms with Crippen molar-refractivity contribution in [2.45, 2.75) is 88.4 Å². The Hall–Kier alpha value is -0.940. The zero-order valence-corrected chi connectivity index (χ0v) is 12.6. The van der Waals surface area contributed by atoms with Crippen molar-refractivity contribution in [3.8, 4) is 0 Å². The number of rotatable bonds is 3. The van der Waals surface area contributed by atoms with Crippen molar-refractivity contribution >= 4 is 11.8 Å². The highest BCUT2D eigenvalue weighted by atomic mass is 16.3. The number of hydrogen-bond donors (Lipinski definition) is 2. The average molecular weight is 294 g/mol. The highest BCUT2D eigenvalue weighted by Gasteiger charge is 2.44. The normalized spacial score (nSPS) is 35.5. The molecule has 0 spiro atoms. The molecule has 2 N–H and O–H groups in total. The van der Waals surface area contributed by atoms with Crippen LogP contribution in [0.3, 0.4) is 0 Å². The number of hydrogen-bond acceptors (Lipinski definition) is 4. The number of imide groups is 1. The zero-order chi connectivity index (χ0) is 14.8. The fraction of sp³-hybridized carbons (Fsp3) is 0.875. The minimum Gasteiger partial charge on any atom is -0.392 e. The van der Waals surface area contributed by atoms with E-state index in [0.717, 1.165) is 57.8 Å². The van der Waals surface area contributed by atoms with Gasteiger partial charge in [-0.15, -0.1) is 0 Å². The molecule has 5 heteroatoms. The summed E-state index contributed by atoms with van der Waals surface area (Å²) in [5, 5.41) is 13.4. The predicted octanol–water partition coefficient (Wildman–Crippen LogP) is 1.34. The van der Waals surface area contributed by atoms with Gasteiger partial charge >= 0.3 is 0 Å². The van der Waals surface area contributed by atoms with E-state index in [1.54, 1.807) is 0 Å². The molecule has 2 amide bonds. The summed E-state index contributed by atoms with van der Waals surface area (Å²) in [6.07, 6.45) is 8.95. The van der Waals surface area contributed by atoms with Crippen molar-refractivity contribution in [3.63, 3.8) is 0 Å². The molecule has 3 unspecified atom stereocenters. The third-order valence-corrected chi connectivity index (χ3v) is 5.27. The van der Waals surface area contributed by atoms with E-state index in [-0.39, 0.29) is 30.3 Å². The molecule has 0 bridgehead atoms. The largest absolute Gasteiger partial charge is 0.392 e. The third kappa shape index (κ3) is 3.14. The maximum Gasteiger partial charge on any atom is 0.247 e. The molecule has 3 rings (SSSR count). The first kappa shape index (κ1) is 15.0. The first-order valence-electron chi connectivity index (χ1n) is 8.47. The van der Waals surface area contributed by atoms with Crippen molar-refractivity contribution in [2.75, 3.05) is 0 Å². The molecule has 21 heavy (non-hydrogen) atoms. The van der Waals surface area contributed by atoms with Gasteiger partial charge in [0.15, 0.2) is 0 Å². The predicted molar refractivity (Wildman–Crippen MR) is 78.5 cm³/mol. The Balaban J connectivity index is 1.63. The van der Waals surface area contributed by atoms with Crippen molar-refractivity contribution in [1.29, 1.82) is 0 Å². The zero-order valence-electron chi connectivity index (χ0n) is 12.6. The number of carbonyl (C=O) groups excluding carboxylic acids is 2. The van der Waals surface area contributed by atoms with Crippen LogP contribution in [0.1, 0.15) is 64.2 Å². The average Bonchev–Trinajstić information content (AvgIpc) is 3.00. The molecule has 3 fully saturated rings. The lowest BCUT2D eigenvalue weighted by molar-refractivity contribution is -0.141. The van der Waals surface area contributed by atoms with Crippen LogP contribution in [0.2, 0.25) is 0 Å². The van der Waals surface area contributed by atoms with Crippen LogP contribution >= 0.6 is 0 Å². The molecule has 2 aliphatic carbocycles. The number of nitrogens with one attached hydrogen (secondary N) is 1. The van der Waals surface area contributed by atoms with Crippen LogP contribution in [0, 0.1) is 0 Å². The Morgan fingerprint density at radius 1 is 0.952 bits per heavy atom. The highest BCUT2D eigenvalue weighted by molar-refractivity contribution is 6.05. The highest BCUT2D eigenvalue weighted by Crippen LogP contribution is 2.29. The van der Waals surface area contributed by atoms with Gasteiger partial charge in [-0.3, -0.25) is 14.5 Å². The molecule has 0 aromatic rings. The quantitative estimate of drug-likeness (QED) is 0.609. The molecule has 3 atom stereocenters. The summed E-state index contributed by atoms with van der Waals surface area (Å²) in [5.41, 5.74) is 0. The number of amides is 2. The molecule has 0 radical (unpaired) electrons. The maximum absolute atomic E-state index is 12.5. The summed E-state index contributed by atoms with van der Waals surface area (Å²) in [5.74, 6) is -0.101. The fourth-order valence-electron chi connectivity index (χ4n) is 4.07. The summed E-state index contributed by atoms with van der Waals surface area (Å²) in [6, 6.07) is -0.343. The summed E-state index contributed by atoms with van der Waals surface area (Å²) in [7, 11) is 0. The van der Waals surface area contributed by atoms with E-state index < -0.39 is 12.1 Å². The topological polar surface area (TPSA) is 69.6 Å². The van der Waals surface area contributed by atoms with Gasteiger partial charge in [-0.05, 0) is 25.7 Å². The van der Waals surface area contributed by atoms with Gasteiger partial charge in [-0.25, -0.2) is 0 Å². The SMILES string of the molecule is O=C1CC(NC2CCCCCC2O)C(=O)N1C1CCCC1. The van der Waals surface area contributed by atoms with Crippen LogP contribution in [-0.2, 0) is 9.59 Å². The summed E-state index contributed by atoms with van der Waals surface area (Å²) in [4.78, 5) is 26.2. The van der Waals surface area contributed by atoms with Gasteiger partial charge in [0.2, 0.25) is 11.8 Å². The minimum atomic E-state index is -0.421. The van der Waals surface area contributed by atoms with Crippen molar-refractivity contribution in [2.24, 2.45) is 0 Å². The Bertz CT molecular complexity index is 406. The fourth-order valence-corrected chi connectivity index (χ4v) is 4.07. The third-order valence-electron chi connectivity index (χ3n) is 5.27. The molecule has 2 saturated carbocycles. The van der Waals surface area contributed by atoms with Gasteiger partial charge in [0.05, 0.1) is 18.6 Å². The van der Waals surface area contributed by atoms with E-state index in [0.29, 0.717) is 0 Å². The maximum atomic E-state index is 12.5. The molecular weight excluding hydrogens is 268 g/mol. The van der Waals surface area contributed by atoms with Crippen molar-refractivity contribution < 1.29 is 14.7 Å². The Morgan fingerprint density at radius 2 is 1.62 bits per heavy atom. The number of aliphatic hydroxyl groups excluding tert-OH is 1. The van der Waals surface area contributed by atoms with Crippen LogP contribution in [0.25, 0.3) is 0 Å². The molecule has 5 nitrogen and oxygen atoms in total. The lowest BCUT2D eigenvalue weighted by atomic mass is 10.0. The molecule has 118 valence electrons. The van der Waals surface area contributed by atoms with Crippen molar-refractivity contribution in [3.05, 3.63) is 0 Å². The van der Waals surface area contributed by atoms with E-state index >= 15 is 0 Å². The van der Waals surface area contributed by atoms with Gasteiger partial charge in [-0.1, -0.05) is 32.1 Å². The molecule has 1 aliphatic heterocycles. The monoisotopic (exact) mass is 294 g/mol. The molecule has 0 aromatic heterocycles. The Kier molecular flexibility index (Phi) is 4.60. The first-order chi connectivity index (χ1) is 10.2. The summed E-state index contributed by atoms with van der Waals surface area (Å²) < 4.78 is 0. The molecule has 0 aromatic carbocycles. The van der Waals surface area contributed by atoms with E-state index in [2.05, 4.69) is 5.32 Å². The number of likely N-dealkylation sites (tertiary alicyclic amines) is 1. The van der Waals surface area contributed by atoms with E-state index in [1.165, 1.54) is 4.90 Å². The molecule has 1 saturated heterocycles. The Morgan fingerprint density at radius 3 is 2.38 bits per heavy atom.